The van der Waals surface area contributed by atoms with E-state index >= 15 is 0 Å². The maximum absolute atomic E-state index is 12.4. The summed E-state index contributed by atoms with van der Waals surface area (Å²) < 4.78 is 0. The monoisotopic (exact) mass is 301 g/mol. The van der Waals surface area contributed by atoms with E-state index in [2.05, 4.69) is 0 Å². The van der Waals surface area contributed by atoms with E-state index in [1.807, 2.05) is 12.1 Å². The second kappa shape index (κ2) is 4.90. The Kier molecular flexibility index (Phi) is 3.18. The molecule has 2 aromatic rings. The van der Waals surface area contributed by atoms with Crippen molar-refractivity contribution in [3.8, 4) is 11.1 Å². The second-order valence-corrected chi connectivity index (χ2v) is 5.16. The van der Waals surface area contributed by atoms with E-state index in [1.165, 1.54) is 0 Å². The summed E-state index contributed by atoms with van der Waals surface area (Å²) in [5.74, 6) is -0.0973. The molecule has 0 radical (unpaired) electrons. The fourth-order valence-electron chi connectivity index (χ4n) is 2.65. The van der Waals surface area contributed by atoms with Gasteiger partial charge in [-0.1, -0.05) is 35.9 Å². The summed E-state index contributed by atoms with van der Waals surface area (Å²) in [7, 11) is 0. The molecule has 1 amide bonds. The first-order chi connectivity index (χ1) is 10.0. The molecule has 1 aliphatic rings. The third-order valence-corrected chi connectivity index (χ3v) is 3.93. The number of amides is 1. The number of anilines is 1. The number of hydrogen-bond donors (Lipinski definition) is 1. The van der Waals surface area contributed by atoms with E-state index in [0.717, 1.165) is 16.0 Å². The van der Waals surface area contributed by atoms with Crippen molar-refractivity contribution in [1.82, 2.24) is 0 Å². The fraction of sp³-hybridized carbons (Fsp3) is 0.125. The number of fused-ring (bicyclic) bond motifs is 3. The van der Waals surface area contributed by atoms with Crippen LogP contribution in [0, 0.1) is 0 Å². The zero-order chi connectivity index (χ0) is 15.1. The first kappa shape index (κ1) is 13.6. The summed E-state index contributed by atoms with van der Waals surface area (Å²) in [6, 6.07) is 10.5. The summed E-state index contributed by atoms with van der Waals surface area (Å²) in [4.78, 5) is 24.8. The predicted octanol–water partition coefficient (Wildman–Crippen LogP) is 4.06. The van der Waals surface area contributed by atoms with Crippen LogP contribution in [-0.4, -0.2) is 23.5 Å². The Morgan fingerprint density at radius 1 is 1.14 bits per heavy atom. The maximum Gasteiger partial charge on any atom is 0.411 e. The average molecular weight is 302 g/mol. The molecule has 5 heteroatoms. The number of rotatable bonds is 2. The van der Waals surface area contributed by atoms with Gasteiger partial charge in [0.05, 0.1) is 10.7 Å². The molecule has 0 atom stereocenters. The molecule has 1 N–H and O–H groups in total. The zero-order valence-corrected chi connectivity index (χ0v) is 12.0. The lowest BCUT2D eigenvalue weighted by atomic mass is 10.1. The molecule has 0 aliphatic heterocycles. The Bertz CT molecular complexity index is 770. The average Bonchev–Trinajstić information content (AvgIpc) is 2.73. The molecular weight excluding hydrogens is 290 g/mol. The number of carboxylic acid groups (broad SMARTS) is 1. The molecule has 0 heterocycles. The van der Waals surface area contributed by atoms with Crippen LogP contribution >= 0.6 is 11.6 Å². The third-order valence-electron chi connectivity index (χ3n) is 3.63. The van der Waals surface area contributed by atoms with E-state index in [9.17, 15) is 14.7 Å². The van der Waals surface area contributed by atoms with Crippen LogP contribution in [0.1, 0.15) is 22.8 Å². The lowest BCUT2D eigenvalue weighted by molar-refractivity contribution is 0.104. The molecule has 1 aliphatic carbocycles. The van der Waals surface area contributed by atoms with Gasteiger partial charge in [0, 0.05) is 17.7 Å². The molecule has 0 aromatic heterocycles. The first-order valence-electron chi connectivity index (χ1n) is 6.52. The molecule has 0 saturated carbocycles. The van der Waals surface area contributed by atoms with Gasteiger partial charge in [0.25, 0.3) is 0 Å². The normalized spacial score (nSPS) is 12.0. The van der Waals surface area contributed by atoms with Gasteiger partial charge in [0.2, 0.25) is 0 Å². The Labute approximate surface area is 126 Å². The third kappa shape index (κ3) is 1.99. The SMILES string of the molecule is CCN(C(=O)O)c1cc2c(cc1Cl)-c1ccccc1C2=O. The topological polar surface area (TPSA) is 57.6 Å². The van der Waals surface area contributed by atoms with Crippen LogP contribution in [0.15, 0.2) is 36.4 Å². The van der Waals surface area contributed by atoms with Gasteiger partial charge in [0.15, 0.2) is 5.78 Å². The van der Waals surface area contributed by atoms with Crippen LogP contribution in [-0.2, 0) is 0 Å². The number of ketones is 1. The van der Waals surface area contributed by atoms with E-state index in [0.29, 0.717) is 21.8 Å². The van der Waals surface area contributed by atoms with Gasteiger partial charge >= 0.3 is 6.09 Å². The van der Waals surface area contributed by atoms with Crippen molar-refractivity contribution >= 4 is 29.2 Å². The van der Waals surface area contributed by atoms with Crippen molar-refractivity contribution in [3.05, 3.63) is 52.5 Å². The highest BCUT2D eigenvalue weighted by molar-refractivity contribution is 6.35. The molecule has 0 bridgehead atoms. The second-order valence-electron chi connectivity index (χ2n) is 4.75. The lowest BCUT2D eigenvalue weighted by Gasteiger charge is -2.19. The number of carbonyl (C=O) groups is 2. The van der Waals surface area contributed by atoms with Gasteiger partial charge in [-0.3, -0.25) is 9.69 Å². The molecule has 0 saturated heterocycles. The number of halogens is 1. The number of benzene rings is 2. The van der Waals surface area contributed by atoms with E-state index < -0.39 is 6.09 Å². The van der Waals surface area contributed by atoms with Crippen LogP contribution in [0.3, 0.4) is 0 Å². The molecule has 2 aromatic carbocycles. The highest BCUT2D eigenvalue weighted by Crippen LogP contribution is 2.41. The van der Waals surface area contributed by atoms with E-state index in [-0.39, 0.29) is 12.3 Å². The number of nitrogens with zero attached hydrogens (tertiary/aromatic N) is 1. The molecule has 0 unspecified atom stereocenters. The van der Waals surface area contributed by atoms with Crippen molar-refractivity contribution in [3.63, 3.8) is 0 Å². The molecule has 106 valence electrons. The van der Waals surface area contributed by atoms with Crippen molar-refractivity contribution in [2.75, 3.05) is 11.4 Å². The molecule has 4 nitrogen and oxygen atoms in total. The minimum atomic E-state index is -1.10. The Hall–Kier alpha value is -2.33. The molecule has 3 rings (SSSR count). The minimum Gasteiger partial charge on any atom is -0.465 e. The van der Waals surface area contributed by atoms with Crippen molar-refractivity contribution in [1.29, 1.82) is 0 Å². The van der Waals surface area contributed by atoms with Gasteiger partial charge in [0.1, 0.15) is 0 Å². The number of carbonyl (C=O) groups excluding carboxylic acids is 1. The van der Waals surface area contributed by atoms with Gasteiger partial charge < -0.3 is 5.11 Å². The largest absolute Gasteiger partial charge is 0.465 e. The summed E-state index contributed by atoms with van der Waals surface area (Å²) in [6.45, 7) is 1.98. The molecule has 21 heavy (non-hydrogen) atoms. The van der Waals surface area contributed by atoms with E-state index in [4.69, 9.17) is 11.6 Å². The van der Waals surface area contributed by atoms with Gasteiger partial charge in [-0.25, -0.2) is 4.79 Å². The Morgan fingerprint density at radius 3 is 2.43 bits per heavy atom. The van der Waals surface area contributed by atoms with Crippen LogP contribution in [0.5, 0.6) is 0 Å². The van der Waals surface area contributed by atoms with Gasteiger partial charge in [-0.05, 0) is 30.2 Å². The highest BCUT2D eigenvalue weighted by atomic mass is 35.5. The molecule has 0 spiro atoms. The Morgan fingerprint density at radius 2 is 1.81 bits per heavy atom. The van der Waals surface area contributed by atoms with Gasteiger partial charge in [-0.15, -0.1) is 0 Å². The summed E-state index contributed by atoms with van der Waals surface area (Å²) in [5, 5.41) is 9.54. The zero-order valence-electron chi connectivity index (χ0n) is 11.3. The predicted molar refractivity (Wildman–Crippen MR) is 81.4 cm³/mol. The summed E-state index contributed by atoms with van der Waals surface area (Å²) in [5.41, 5.74) is 3.05. The van der Waals surface area contributed by atoms with Gasteiger partial charge in [-0.2, -0.15) is 0 Å². The molecular formula is C16H12ClNO3. The van der Waals surface area contributed by atoms with Crippen LogP contribution < -0.4 is 4.90 Å². The van der Waals surface area contributed by atoms with Crippen LogP contribution in [0.2, 0.25) is 5.02 Å². The minimum absolute atomic E-state index is 0.0973. The first-order valence-corrected chi connectivity index (χ1v) is 6.90. The van der Waals surface area contributed by atoms with Crippen molar-refractivity contribution in [2.45, 2.75) is 6.92 Å². The maximum atomic E-state index is 12.4. The standard InChI is InChI=1S/C16H12ClNO3/c1-2-18(16(20)21)14-8-12-11(7-13(14)17)9-5-3-4-6-10(9)15(12)19/h3-8H,2H2,1H3,(H,20,21). The summed E-state index contributed by atoms with van der Waals surface area (Å²) >= 11 is 6.22. The highest BCUT2D eigenvalue weighted by Gasteiger charge is 2.29. The quantitative estimate of drug-likeness (QED) is 0.776. The van der Waals surface area contributed by atoms with Crippen molar-refractivity contribution in [2.24, 2.45) is 0 Å². The van der Waals surface area contributed by atoms with Crippen LogP contribution in [0.25, 0.3) is 11.1 Å². The summed E-state index contributed by atoms with van der Waals surface area (Å²) in [6.07, 6.45) is -1.10. The van der Waals surface area contributed by atoms with Crippen molar-refractivity contribution < 1.29 is 14.7 Å². The van der Waals surface area contributed by atoms with E-state index in [1.54, 1.807) is 31.2 Å². The molecule has 0 fully saturated rings. The fourth-order valence-corrected chi connectivity index (χ4v) is 2.91. The smallest absolute Gasteiger partial charge is 0.411 e. The van der Waals surface area contributed by atoms with Crippen LogP contribution in [0.4, 0.5) is 10.5 Å². The number of hydrogen-bond acceptors (Lipinski definition) is 2. The lowest BCUT2D eigenvalue weighted by Crippen LogP contribution is -2.29. The Balaban J connectivity index is 2.21.